The number of pyridine rings is 1. The van der Waals surface area contributed by atoms with Crippen LogP contribution in [0.15, 0.2) is 41.2 Å². The van der Waals surface area contributed by atoms with Crippen molar-refractivity contribution in [1.82, 2.24) is 15.2 Å². The third-order valence-corrected chi connectivity index (χ3v) is 4.31. The third-order valence-electron chi connectivity index (χ3n) is 3.61. The molecule has 1 fully saturated rings. The van der Waals surface area contributed by atoms with Gasteiger partial charge in [-0.05, 0) is 41.4 Å². The van der Waals surface area contributed by atoms with Gasteiger partial charge in [0.2, 0.25) is 0 Å². The van der Waals surface area contributed by atoms with Gasteiger partial charge < -0.3 is 15.0 Å². The fourth-order valence-corrected chi connectivity index (χ4v) is 3.24. The summed E-state index contributed by atoms with van der Waals surface area (Å²) in [4.78, 5) is 18.4. The highest BCUT2D eigenvalue weighted by Gasteiger charge is 2.29. The van der Waals surface area contributed by atoms with E-state index >= 15 is 0 Å². The molecule has 1 N–H and O–H groups in total. The normalized spacial score (nSPS) is 21.6. The fourth-order valence-electron chi connectivity index (χ4n) is 2.54. The van der Waals surface area contributed by atoms with Gasteiger partial charge in [0, 0.05) is 12.7 Å². The first-order valence-electron chi connectivity index (χ1n) is 7.32. The number of thiophene rings is 1. The Balaban J connectivity index is 1.59. The van der Waals surface area contributed by atoms with Crippen molar-refractivity contribution in [2.24, 2.45) is 0 Å². The minimum Gasteiger partial charge on any atom is -0.367 e. The number of carbonyl (C=O) groups excluding carboxylic acids is 1. The van der Waals surface area contributed by atoms with Crippen molar-refractivity contribution < 1.29 is 9.53 Å². The number of rotatable bonds is 3. The monoisotopic (exact) mass is 317 g/mol. The van der Waals surface area contributed by atoms with Gasteiger partial charge in [-0.2, -0.15) is 11.3 Å². The summed E-state index contributed by atoms with van der Waals surface area (Å²) in [6.07, 6.45) is 1.71. The van der Waals surface area contributed by atoms with E-state index in [9.17, 15) is 4.79 Å². The molecule has 1 aliphatic heterocycles. The number of ether oxygens (including phenoxy) is 1. The van der Waals surface area contributed by atoms with Crippen LogP contribution in [0.4, 0.5) is 4.79 Å². The standard InChI is InChI=1S/C16H19N3O2S/c1-12-9-19(10-15(21-12)13-5-7-22-11-13)16(20)18-8-14-4-2-3-6-17-14/h2-7,11-12,15H,8-10H2,1H3,(H,18,20)/t12-,15+/m0/s1. The molecule has 0 unspecified atom stereocenters. The van der Waals surface area contributed by atoms with E-state index in [1.807, 2.05) is 35.4 Å². The maximum atomic E-state index is 12.4. The maximum Gasteiger partial charge on any atom is 0.317 e. The summed E-state index contributed by atoms with van der Waals surface area (Å²) in [7, 11) is 0. The summed E-state index contributed by atoms with van der Waals surface area (Å²) in [6.45, 7) is 3.62. The number of nitrogens with zero attached hydrogens (tertiary/aromatic N) is 2. The minimum absolute atomic E-state index is 0.0271. The van der Waals surface area contributed by atoms with Gasteiger partial charge in [0.1, 0.15) is 6.10 Å². The topological polar surface area (TPSA) is 54.5 Å². The van der Waals surface area contributed by atoms with Crippen LogP contribution in [0.25, 0.3) is 0 Å². The lowest BCUT2D eigenvalue weighted by Crippen LogP contribution is -2.49. The summed E-state index contributed by atoms with van der Waals surface area (Å²) in [5.41, 5.74) is 1.99. The first-order chi connectivity index (χ1) is 10.7. The summed E-state index contributed by atoms with van der Waals surface area (Å²) < 4.78 is 5.95. The Hall–Kier alpha value is -1.92. The van der Waals surface area contributed by atoms with Crippen LogP contribution in [0, 0.1) is 0 Å². The molecule has 0 aromatic carbocycles. The Bertz CT molecular complexity index is 603. The zero-order chi connectivity index (χ0) is 15.4. The van der Waals surface area contributed by atoms with Gasteiger partial charge in [-0.1, -0.05) is 6.07 Å². The van der Waals surface area contributed by atoms with Crippen LogP contribution in [0.3, 0.4) is 0 Å². The third kappa shape index (κ3) is 3.64. The molecule has 2 aromatic rings. The average Bonchev–Trinajstić information content (AvgIpc) is 3.07. The Morgan fingerprint density at radius 1 is 1.45 bits per heavy atom. The molecule has 3 rings (SSSR count). The van der Waals surface area contributed by atoms with E-state index in [-0.39, 0.29) is 18.2 Å². The lowest BCUT2D eigenvalue weighted by molar-refractivity contribution is -0.0655. The van der Waals surface area contributed by atoms with Gasteiger partial charge in [0.25, 0.3) is 0 Å². The average molecular weight is 317 g/mol. The lowest BCUT2D eigenvalue weighted by Gasteiger charge is -2.36. The molecule has 0 saturated carbocycles. The Morgan fingerprint density at radius 3 is 3.09 bits per heavy atom. The van der Waals surface area contributed by atoms with Crippen molar-refractivity contribution in [2.75, 3.05) is 13.1 Å². The molecule has 2 amide bonds. The number of amides is 2. The Labute approximate surface area is 133 Å². The van der Waals surface area contributed by atoms with E-state index < -0.39 is 0 Å². The highest BCUT2D eigenvalue weighted by molar-refractivity contribution is 7.07. The molecule has 3 heterocycles. The molecule has 2 aromatic heterocycles. The van der Waals surface area contributed by atoms with Gasteiger partial charge in [0.15, 0.2) is 0 Å². The van der Waals surface area contributed by atoms with Crippen LogP contribution in [0.2, 0.25) is 0 Å². The number of morpholine rings is 1. The van der Waals surface area contributed by atoms with Crippen LogP contribution in [0.5, 0.6) is 0 Å². The second-order valence-corrected chi connectivity index (χ2v) is 6.16. The van der Waals surface area contributed by atoms with Gasteiger partial charge in [-0.25, -0.2) is 4.79 Å². The van der Waals surface area contributed by atoms with E-state index in [4.69, 9.17) is 4.74 Å². The molecule has 0 aliphatic carbocycles. The summed E-state index contributed by atoms with van der Waals surface area (Å²) >= 11 is 1.64. The predicted octanol–water partition coefficient (Wildman–Crippen LogP) is 2.81. The van der Waals surface area contributed by atoms with Crippen LogP contribution < -0.4 is 5.32 Å². The second-order valence-electron chi connectivity index (χ2n) is 5.38. The van der Waals surface area contributed by atoms with E-state index in [0.29, 0.717) is 19.6 Å². The predicted molar refractivity (Wildman–Crippen MR) is 85.7 cm³/mol. The fraction of sp³-hybridized carbons (Fsp3) is 0.375. The van der Waals surface area contributed by atoms with Crippen molar-refractivity contribution in [1.29, 1.82) is 0 Å². The summed E-state index contributed by atoms with van der Waals surface area (Å²) in [5.74, 6) is 0. The van der Waals surface area contributed by atoms with Crippen molar-refractivity contribution in [3.05, 3.63) is 52.5 Å². The van der Waals surface area contributed by atoms with Crippen molar-refractivity contribution in [2.45, 2.75) is 25.7 Å². The molecule has 116 valence electrons. The Morgan fingerprint density at radius 2 is 2.36 bits per heavy atom. The zero-order valence-corrected chi connectivity index (χ0v) is 13.3. The molecule has 1 saturated heterocycles. The Kier molecular flexibility index (Phi) is 4.70. The smallest absolute Gasteiger partial charge is 0.317 e. The largest absolute Gasteiger partial charge is 0.367 e. The van der Waals surface area contributed by atoms with Crippen molar-refractivity contribution >= 4 is 17.4 Å². The molecule has 0 spiro atoms. The molecular formula is C16H19N3O2S. The molecule has 6 heteroatoms. The molecular weight excluding hydrogens is 298 g/mol. The van der Waals surface area contributed by atoms with Crippen LogP contribution in [-0.2, 0) is 11.3 Å². The summed E-state index contributed by atoms with van der Waals surface area (Å²) in [6, 6.07) is 7.66. The van der Waals surface area contributed by atoms with Crippen molar-refractivity contribution in [3.63, 3.8) is 0 Å². The number of carbonyl (C=O) groups is 1. The zero-order valence-electron chi connectivity index (χ0n) is 12.4. The van der Waals surface area contributed by atoms with Gasteiger partial charge in [-0.15, -0.1) is 0 Å². The molecule has 2 atom stereocenters. The molecule has 0 bridgehead atoms. The molecule has 0 radical (unpaired) electrons. The lowest BCUT2D eigenvalue weighted by atomic mass is 10.1. The van der Waals surface area contributed by atoms with Crippen LogP contribution in [0.1, 0.15) is 24.3 Å². The number of hydrogen-bond donors (Lipinski definition) is 1. The number of aromatic nitrogens is 1. The van der Waals surface area contributed by atoms with Gasteiger partial charge in [0.05, 0.1) is 24.9 Å². The second kappa shape index (κ2) is 6.89. The highest BCUT2D eigenvalue weighted by atomic mass is 32.1. The molecule has 5 nitrogen and oxygen atoms in total. The molecule has 1 aliphatic rings. The quantitative estimate of drug-likeness (QED) is 0.947. The van der Waals surface area contributed by atoms with Crippen LogP contribution >= 0.6 is 11.3 Å². The number of urea groups is 1. The van der Waals surface area contributed by atoms with Gasteiger partial charge in [-0.3, -0.25) is 4.98 Å². The van der Waals surface area contributed by atoms with E-state index in [0.717, 1.165) is 11.3 Å². The highest BCUT2D eigenvalue weighted by Crippen LogP contribution is 2.26. The van der Waals surface area contributed by atoms with Gasteiger partial charge >= 0.3 is 6.03 Å². The SMILES string of the molecule is C[C@H]1CN(C(=O)NCc2ccccn2)C[C@H](c2ccsc2)O1. The van der Waals surface area contributed by atoms with Crippen molar-refractivity contribution in [3.8, 4) is 0 Å². The maximum absolute atomic E-state index is 12.4. The first-order valence-corrected chi connectivity index (χ1v) is 8.27. The van der Waals surface area contributed by atoms with E-state index in [2.05, 4.69) is 21.7 Å². The minimum atomic E-state index is -0.0685. The van der Waals surface area contributed by atoms with Crippen LogP contribution in [-0.4, -0.2) is 35.1 Å². The first kappa shape index (κ1) is 15.0. The van der Waals surface area contributed by atoms with E-state index in [1.54, 1.807) is 17.5 Å². The van der Waals surface area contributed by atoms with E-state index in [1.165, 1.54) is 0 Å². The number of hydrogen-bond acceptors (Lipinski definition) is 4. The summed E-state index contributed by atoms with van der Waals surface area (Å²) in [5, 5.41) is 7.03. The molecule has 22 heavy (non-hydrogen) atoms. The number of nitrogens with one attached hydrogen (secondary N) is 1.